The summed E-state index contributed by atoms with van der Waals surface area (Å²) in [4.78, 5) is 0. The molecule has 98 valence electrons. The third-order valence-corrected chi connectivity index (χ3v) is 2.68. The Hall–Kier alpha value is -0.570. The number of halogens is 1. The molecule has 3 heteroatoms. The number of nitrogens with one attached hydrogen (secondary N) is 1. The van der Waals surface area contributed by atoms with Crippen molar-refractivity contribution < 1.29 is 4.74 Å². The number of rotatable bonds is 7. The molecular formula is C14H24ClNO. The van der Waals surface area contributed by atoms with Gasteiger partial charge >= 0.3 is 0 Å². The summed E-state index contributed by atoms with van der Waals surface area (Å²) in [6, 6.07) is 8.85. The van der Waals surface area contributed by atoms with Crippen molar-refractivity contribution in [3.63, 3.8) is 0 Å². The number of ether oxygens (including phenoxy) is 1. The van der Waals surface area contributed by atoms with Gasteiger partial charge in [-0.2, -0.15) is 0 Å². The van der Waals surface area contributed by atoms with E-state index in [2.05, 4.69) is 43.4 Å². The van der Waals surface area contributed by atoms with Gasteiger partial charge in [0.25, 0.3) is 0 Å². The van der Waals surface area contributed by atoms with Crippen LogP contribution in [0.5, 0.6) is 0 Å². The predicted molar refractivity (Wildman–Crippen MR) is 76.0 cm³/mol. The highest BCUT2D eigenvalue weighted by Crippen LogP contribution is 2.14. The Morgan fingerprint density at radius 2 is 1.82 bits per heavy atom. The average molecular weight is 258 g/mol. The molecule has 0 heterocycles. The van der Waals surface area contributed by atoms with E-state index in [1.807, 2.05) is 0 Å². The van der Waals surface area contributed by atoms with Crippen LogP contribution in [0.3, 0.4) is 0 Å². The molecular weight excluding hydrogens is 234 g/mol. The molecule has 0 saturated carbocycles. The summed E-state index contributed by atoms with van der Waals surface area (Å²) < 4.78 is 5.00. The first-order chi connectivity index (χ1) is 7.74. The van der Waals surface area contributed by atoms with Gasteiger partial charge in [-0.25, -0.2) is 0 Å². The lowest BCUT2D eigenvalue weighted by Crippen LogP contribution is -2.16. The lowest BCUT2D eigenvalue weighted by molar-refractivity contribution is 0.194. The quantitative estimate of drug-likeness (QED) is 0.757. The summed E-state index contributed by atoms with van der Waals surface area (Å²) >= 11 is 0. The Morgan fingerprint density at radius 1 is 1.18 bits per heavy atom. The minimum atomic E-state index is 0. The lowest BCUT2D eigenvalue weighted by atomic mass is 10.0. The molecule has 0 aliphatic rings. The van der Waals surface area contributed by atoms with Crippen molar-refractivity contribution in [1.29, 1.82) is 0 Å². The molecule has 0 saturated heterocycles. The van der Waals surface area contributed by atoms with E-state index >= 15 is 0 Å². The zero-order valence-corrected chi connectivity index (χ0v) is 11.8. The van der Waals surface area contributed by atoms with Crippen LogP contribution in [0.25, 0.3) is 0 Å². The van der Waals surface area contributed by atoms with Crippen LogP contribution in [0.15, 0.2) is 24.3 Å². The first-order valence-corrected chi connectivity index (χ1v) is 6.02. The Morgan fingerprint density at radius 3 is 2.35 bits per heavy atom. The van der Waals surface area contributed by atoms with E-state index in [0.29, 0.717) is 5.92 Å². The Bertz CT molecular complexity index is 285. The molecule has 0 aromatic heterocycles. The molecule has 1 aromatic rings. The molecule has 0 fully saturated rings. The number of benzene rings is 1. The summed E-state index contributed by atoms with van der Waals surface area (Å²) in [5.41, 5.74) is 2.75. The van der Waals surface area contributed by atoms with Crippen molar-refractivity contribution in [2.75, 3.05) is 20.3 Å². The maximum atomic E-state index is 5.00. The van der Waals surface area contributed by atoms with Crippen LogP contribution in [0, 0.1) is 0 Å². The standard InChI is InChI=1S/C14H23NO.ClH/c1-12(2)14-7-5-13(6-8-14)11-15-9-4-10-16-3;/h5-8,12,15H,4,9-11H2,1-3H3;1H. The minimum Gasteiger partial charge on any atom is -0.385 e. The second-order valence-corrected chi connectivity index (χ2v) is 4.42. The molecule has 0 aliphatic carbocycles. The van der Waals surface area contributed by atoms with Gasteiger partial charge in [-0.3, -0.25) is 0 Å². The molecule has 0 spiro atoms. The third-order valence-electron chi connectivity index (χ3n) is 2.68. The highest BCUT2D eigenvalue weighted by Gasteiger charge is 1.98. The monoisotopic (exact) mass is 257 g/mol. The Balaban J connectivity index is 0.00000256. The fourth-order valence-electron chi connectivity index (χ4n) is 1.59. The molecule has 2 nitrogen and oxygen atoms in total. The van der Waals surface area contributed by atoms with E-state index in [9.17, 15) is 0 Å². The second kappa shape index (κ2) is 9.46. The van der Waals surface area contributed by atoms with Crippen molar-refractivity contribution in [2.45, 2.75) is 32.7 Å². The van der Waals surface area contributed by atoms with E-state index in [0.717, 1.165) is 26.1 Å². The minimum absolute atomic E-state index is 0. The molecule has 1 aromatic carbocycles. The van der Waals surface area contributed by atoms with Crippen molar-refractivity contribution in [3.05, 3.63) is 35.4 Å². The van der Waals surface area contributed by atoms with E-state index in [-0.39, 0.29) is 12.4 Å². The fraction of sp³-hybridized carbons (Fsp3) is 0.571. The molecule has 0 unspecified atom stereocenters. The molecule has 0 aliphatic heterocycles. The summed E-state index contributed by atoms with van der Waals surface area (Å²) in [6.07, 6.45) is 1.07. The first kappa shape index (κ1) is 16.4. The van der Waals surface area contributed by atoms with Crippen LogP contribution in [0.1, 0.15) is 37.3 Å². The van der Waals surface area contributed by atoms with E-state index in [4.69, 9.17) is 4.74 Å². The van der Waals surface area contributed by atoms with Crippen LogP contribution in [-0.4, -0.2) is 20.3 Å². The van der Waals surface area contributed by atoms with Gasteiger partial charge in [0.2, 0.25) is 0 Å². The van der Waals surface area contributed by atoms with E-state index in [1.165, 1.54) is 11.1 Å². The van der Waals surface area contributed by atoms with Gasteiger partial charge in [0.05, 0.1) is 0 Å². The van der Waals surface area contributed by atoms with Crippen molar-refractivity contribution >= 4 is 12.4 Å². The van der Waals surface area contributed by atoms with E-state index in [1.54, 1.807) is 7.11 Å². The highest BCUT2D eigenvalue weighted by molar-refractivity contribution is 5.85. The van der Waals surface area contributed by atoms with Gasteiger partial charge in [0.15, 0.2) is 0 Å². The number of hydrogen-bond acceptors (Lipinski definition) is 2. The van der Waals surface area contributed by atoms with Crippen LogP contribution >= 0.6 is 12.4 Å². The Kier molecular flexibility index (Phi) is 9.14. The SMILES string of the molecule is COCCCNCc1ccc(C(C)C)cc1.Cl. The highest BCUT2D eigenvalue weighted by atomic mass is 35.5. The molecule has 0 radical (unpaired) electrons. The van der Waals surface area contributed by atoms with Crippen molar-refractivity contribution in [2.24, 2.45) is 0 Å². The molecule has 1 rings (SSSR count). The zero-order chi connectivity index (χ0) is 11.8. The van der Waals surface area contributed by atoms with E-state index < -0.39 is 0 Å². The topological polar surface area (TPSA) is 21.3 Å². The van der Waals surface area contributed by atoms with Crippen LogP contribution in [0.2, 0.25) is 0 Å². The third kappa shape index (κ3) is 6.67. The van der Waals surface area contributed by atoms with Crippen molar-refractivity contribution in [3.8, 4) is 0 Å². The van der Waals surface area contributed by atoms with Gasteiger partial charge in [-0.15, -0.1) is 12.4 Å². The molecule has 0 atom stereocenters. The maximum Gasteiger partial charge on any atom is 0.0474 e. The fourth-order valence-corrected chi connectivity index (χ4v) is 1.59. The maximum absolute atomic E-state index is 5.00. The molecule has 1 N–H and O–H groups in total. The average Bonchev–Trinajstić information content (AvgIpc) is 2.29. The van der Waals surface area contributed by atoms with Crippen LogP contribution in [-0.2, 0) is 11.3 Å². The lowest BCUT2D eigenvalue weighted by Gasteiger charge is -2.08. The van der Waals surface area contributed by atoms with Crippen molar-refractivity contribution in [1.82, 2.24) is 5.32 Å². The van der Waals surface area contributed by atoms with Gasteiger partial charge in [-0.1, -0.05) is 38.1 Å². The Labute approximate surface area is 111 Å². The first-order valence-electron chi connectivity index (χ1n) is 6.02. The normalized spacial score (nSPS) is 10.4. The molecule has 17 heavy (non-hydrogen) atoms. The van der Waals surface area contributed by atoms with Gasteiger partial charge < -0.3 is 10.1 Å². The van der Waals surface area contributed by atoms with Gasteiger partial charge in [0.1, 0.15) is 0 Å². The predicted octanol–water partition coefficient (Wildman–Crippen LogP) is 3.36. The number of hydrogen-bond donors (Lipinski definition) is 1. The summed E-state index contributed by atoms with van der Waals surface area (Å²) in [6.45, 7) is 7.23. The molecule has 0 bridgehead atoms. The van der Waals surface area contributed by atoms with Crippen LogP contribution < -0.4 is 5.32 Å². The zero-order valence-electron chi connectivity index (χ0n) is 11.0. The largest absolute Gasteiger partial charge is 0.385 e. The smallest absolute Gasteiger partial charge is 0.0474 e. The number of methoxy groups -OCH3 is 1. The van der Waals surface area contributed by atoms with Gasteiger partial charge in [-0.05, 0) is 30.0 Å². The summed E-state index contributed by atoms with van der Waals surface area (Å²) in [7, 11) is 1.74. The summed E-state index contributed by atoms with van der Waals surface area (Å²) in [5, 5.41) is 3.41. The van der Waals surface area contributed by atoms with Gasteiger partial charge in [0, 0.05) is 20.3 Å². The second-order valence-electron chi connectivity index (χ2n) is 4.42. The van der Waals surface area contributed by atoms with Crippen LogP contribution in [0.4, 0.5) is 0 Å². The summed E-state index contributed by atoms with van der Waals surface area (Å²) in [5.74, 6) is 0.615. The molecule has 0 amide bonds.